The molecule has 0 aliphatic rings. The van der Waals surface area contributed by atoms with Gasteiger partial charge < -0.3 is 20.1 Å². The number of halogens is 1. The van der Waals surface area contributed by atoms with E-state index < -0.39 is 24.5 Å². The molecule has 0 saturated carbocycles. The van der Waals surface area contributed by atoms with Crippen LogP contribution in [0.4, 0.5) is 11.4 Å². The minimum atomic E-state index is -0.576. The van der Waals surface area contributed by atoms with Crippen LogP contribution in [0.3, 0.4) is 0 Å². The van der Waals surface area contributed by atoms with Crippen molar-refractivity contribution in [1.29, 1.82) is 0 Å². The number of hydrogen-bond donors (Lipinski definition) is 2. The van der Waals surface area contributed by atoms with Crippen LogP contribution in [0.15, 0.2) is 48.5 Å². The zero-order valence-electron chi connectivity index (χ0n) is 18.6. The number of benzene rings is 2. The van der Waals surface area contributed by atoms with E-state index in [9.17, 15) is 19.2 Å². The maximum absolute atomic E-state index is 12.0. The zero-order chi connectivity index (χ0) is 24.2. The third-order valence-electron chi connectivity index (χ3n) is 4.23. The summed E-state index contributed by atoms with van der Waals surface area (Å²) in [6, 6.07) is 12.9. The molecule has 176 valence electrons. The van der Waals surface area contributed by atoms with E-state index in [1.807, 2.05) is 13.8 Å². The van der Waals surface area contributed by atoms with Crippen LogP contribution in [-0.2, 0) is 23.9 Å². The summed E-state index contributed by atoms with van der Waals surface area (Å²) < 4.78 is 10.1. The van der Waals surface area contributed by atoms with Crippen molar-refractivity contribution >= 4 is 46.7 Å². The molecular formula is C24H27ClN2O6. The van der Waals surface area contributed by atoms with Crippen LogP contribution < -0.4 is 10.6 Å². The van der Waals surface area contributed by atoms with Gasteiger partial charge in [-0.3, -0.25) is 14.4 Å². The van der Waals surface area contributed by atoms with E-state index in [0.29, 0.717) is 28.6 Å². The molecule has 0 spiro atoms. The highest BCUT2D eigenvalue weighted by Gasteiger charge is 2.11. The molecule has 2 aromatic carbocycles. The summed E-state index contributed by atoms with van der Waals surface area (Å²) in [5.74, 6) is -1.52. The molecule has 9 heteroatoms. The molecule has 0 aromatic heterocycles. The smallest absolute Gasteiger partial charge is 0.338 e. The molecule has 0 unspecified atom stereocenters. The number of amides is 2. The highest BCUT2D eigenvalue weighted by Crippen LogP contribution is 2.14. The molecule has 0 aliphatic carbocycles. The largest absolute Gasteiger partial charge is 0.462 e. The Morgan fingerprint density at radius 2 is 1.39 bits per heavy atom. The van der Waals surface area contributed by atoms with E-state index in [-0.39, 0.29) is 31.1 Å². The first-order valence-corrected chi connectivity index (χ1v) is 10.9. The first-order valence-electron chi connectivity index (χ1n) is 10.5. The highest BCUT2D eigenvalue weighted by molar-refractivity contribution is 6.30. The minimum absolute atomic E-state index is 0.00844. The molecule has 0 atom stereocenters. The first kappa shape index (κ1) is 25.9. The fourth-order valence-electron chi connectivity index (χ4n) is 2.58. The van der Waals surface area contributed by atoms with E-state index in [0.717, 1.165) is 0 Å². The number of anilines is 2. The molecule has 0 fully saturated rings. The van der Waals surface area contributed by atoms with Gasteiger partial charge in [-0.25, -0.2) is 4.79 Å². The third kappa shape index (κ3) is 10.2. The fraction of sp³-hybridized carbons (Fsp3) is 0.333. The van der Waals surface area contributed by atoms with Gasteiger partial charge in [-0.1, -0.05) is 25.4 Å². The number of rotatable bonds is 11. The van der Waals surface area contributed by atoms with Gasteiger partial charge in [-0.2, -0.15) is 0 Å². The summed E-state index contributed by atoms with van der Waals surface area (Å²) >= 11 is 5.79. The van der Waals surface area contributed by atoms with Crippen molar-refractivity contribution in [2.24, 2.45) is 5.92 Å². The quantitative estimate of drug-likeness (QED) is 0.466. The van der Waals surface area contributed by atoms with Crippen molar-refractivity contribution in [3.8, 4) is 0 Å². The summed E-state index contributed by atoms with van der Waals surface area (Å²) in [4.78, 5) is 47.6. The summed E-state index contributed by atoms with van der Waals surface area (Å²) in [5, 5.41) is 5.85. The molecule has 2 N–H and O–H groups in total. The third-order valence-corrected chi connectivity index (χ3v) is 4.48. The van der Waals surface area contributed by atoms with Gasteiger partial charge >= 0.3 is 11.9 Å². The lowest BCUT2D eigenvalue weighted by Gasteiger charge is -2.09. The topological polar surface area (TPSA) is 111 Å². The van der Waals surface area contributed by atoms with E-state index >= 15 is 0 Å². The van der Waals surface area contributed by atoms with Crippen molar-refractivity contribution in [3.63, 3.8) is 0 Å². The van der Waals surface area contributed by atoms with Gasteiger partial charge in [-0.15, -0.1) is 0 Å². The fourth-order valence-corrected chi connectivity index (χ4v) is 2.71. The van der Waals surface area contributed by atoms with Crippen LogP contribution >= 0.6 is 11.6 Å². The van der Waals surface area contributed by atoms with E-state index in [2.05, 4.69) is 10.6 Å². The molecule has 8 nitrogen and oxygen atoms in total. The van der Waals surface area contributed by atoms with E-state index in [1.165, 1.54) is 0 Å². The predicted molar refractivity (Wildman–Crippen MR) is 125 cm³/mol. The summed E-state index contributed by atoms with van der Waals surface area (Å²) in [7, 11) is 0. The number of nitrogens with one attached hydrogen (secondary N) is 2. The van der Waals surface area contributed by atoms with Crippen LogP contribution in [0.5, 0.6) is 0 Å². The normalized spacial score (nSPS) is 10.4. The van der Waals surface area contributed by atoms with Crippen LogP contribution in [-0.4, -0.2) is 37.0 Å². The maximum Gasteiger partial charge on any atom is 0.338 e. The predicted octanol–water partition coefficient (Wildman–Crippen LogP) is 4.44. The maximum atomic E-state index is 12.0. The molecule has 0 radical (unpaired) electrons. The van der Waals surface area contributed by atoms with Gasteiger partial charge in [0, 0.05) is 29.2 Å². The zero-order valence-corrected chi connectivity index (χ0v) is 19.3. The van der Waals surface area contributed by atoms with Gasteiger partial charge in [0.1, 0.15) is 0 Å². The molecule has 2 aromatic rings. The Kier molecular flexibility index (Phi) is 10.4. The Morgan fingerprint density at radius 1 is 0.818 bits per heavy atom. The number of carbonyl (C=O) groups is 4. The van der Waals surface area contributed by atoms with Crippen molar-refractivity contribution in [2.75, 3.05) is 23.8 Å². The molecule has 2 amide bonds. The average molecular weight is 475 g/mol. The summed E-state index contributed by atoms with van der Waals surface area (Å²) in [6.07, 6.45) is 0.429. The van der Waals surface area contributed by atoms with Gasteiger partial charge in [-0.05, 0) is 60.9 Å². The van der Waals surface area contributed by atoms with Crippen molar-refractivity contribution < 1.29 is 28.7 Å². The second kappa shape index (κ2) is 13.2. The lowest BCUT2D eigenvalue weighted by molar-refractivity contribution is -0.147. The highest BCUT2D eigenvalue weighted by atomic mass is 35.5. The second-order valence-electron chi connectivity index (χ2n) is 7.69. The van der Waals surface area contributed by atoms with Crippen LogP contribution in [0.1, 0.15) is 43.5 Å². The Morgan fingerprint density at radius 3 is 2.00 bits per heavy atom. The van der Waals surface area contributed by atoms with Crippen LogP contribution in [0, 0.1) is 5.92 Å². The van der Waals surface area contributed by atoms with Crippen molar-refractivity contribution in [1.82, 2.24) is 0 Å². The lowest BCUT2D eigenvalue weighted by atomic mass is 10.2. The summed E-state index contributed by atoms with van der Waals surface area (Å²) in [6.45, 7) is 3.76. The molecule has 33 heavy (non-hydrogen) atoms. The number of esters is 2. The average Bonchev–Trinajstić information content (AvgIpc) is 2.78. The monoisotopic (exact) mass is 474 g/mol. The number of ether oxygens (including phenoxy) is 2. The van der Waals surface area contributed by atoms with Gasteiger partial charge in [0.15, 0.2) is 6.61 Å². The number of hydrogen-bond acceptors (Lipinski definition) is 6. The van der Waals surface area contributed by atoms with Gasteiger partial charge in [0.25, 0.3) is 5.91 Å². The van der Waals surface area contributed by atoms with Crippen molar-refractivity contribution in [3.05, 3.63) is 59.1 Å². The van der Waals surface area contributed by atoms with Crippen LogP contribution in [0.25, 0.3) is 0 Å². The summed E-state index contributed by atoms with van der Waals surface area (Å²) in [5.41, 5.74) is 1.44. The van der Waals surface area contributed by atoms with E-state index in [1.54, 1.807) is 48.5 Å². The Balaban J connectivity index is 1.64. The Labute approximate surface area is 197 Å². The molecule has 0 heterocycles. The Bertz CT molecular complexity index is 958. The number of carbonyl (C=O) groups excluding carboxylic acids is 4. The molecular weight excluding hydrogens is 448 g/mol. The minimum Gasteiger partial charge on any atom is -0.462 e. The van der Waals surface area contributed by atoms with Gasteiger partial charge in [0.2, 0.25) is 5.91 Å². The molecule has 0 bridgehead atoms. The van der Waals surface area contributed by atoms with E-state index in [4.69, 9.17) is 21.1 Å². The molecule has 0 saturated heterocycles. The van der Waals surface area contributed by atoms with Crippen molar-refractivity contribution in [2.45, 2.75) is 33.1 Å². The lowest BCUT2D eigenvalue weighted by Crippen LogP contribution is -2.21. The van der Waals surface area contributed by atoms with Crippen LogP contribution in [0.2, 0.25) is 5.02 Å². The standard InChI is InChI=1S/C24H27ClN2O6/c1-16(2)14-33-24(31)17-6-10-19(11-7-17)27-22(29)15-32-23(30)5-3-4-21(28)26-20-12-8-18(25)9-13-20/h6-13,16H,3-5,14-15H2,1-2H3,(H,26,28)(H,27,29). The second-order valence-corrected chi connectivity index (χ2v) is 8.12. The molecule has 2 rings (SSSR count). The molecule has 0 aliphatic heterocycles. The first-order chi connectivity index (χ1) is 15.7. The Hall–Kier alpha value is -3.39. The van der Waals surface area contributed by atoms with Gasteiger partial charge in [0.05, 0.1) is 12.2 Å². The SMILES string of the molecule is CC(C)COC(=O)c1ccc(NC(=O)COC(=O)CCCC(=O)Nc2ccc(Cl)cc2)cc1.